The predicted octanol–water partition coefficient (Wildman–Crippen LogP) is 5.31. The van der Waals surface area contributed by atoms with Gasteiger partial charge in [-0.15, -0.1) is 0 Å². The summed E-state index contributed by atoms with van der Waals surface area (Å²) in [6.45, 7) is 11.6. The molecule has 2 fully saturated rings. The fraction of sp³-hybridized carbons (Fsp3) is 0.621. The van der Waals surface area contributed by atoms with Crippen molar-refractivity contribution in [2.75, 3.05) is 56.1 Å². The maximum atomic E-state index is 13.4. The van der Waals surface area contributed by atoms with Crippen molar-refractivity contribution in [2.24, 2.45) is 11.8 Å². The molecular formula is C29H42FN5O2S2. The molecule has 4 rings (SSSR count). The van der Waals surface area contributed by atoms with Crippen molar-refractivity contribution >= 4 is 40.0 Å². The number of nitrogens with zero attached hydrogens (tertiary/aromatic N) is 3. The summed E-state index contributed by atoms with van der Waals surface area (Å²) >= 11 is 3.20. The average Bonchev–Trinajstić information content (AvgIpc) is 3.27. The highest BCUT2D eigenvalue weighted by Crippen LogP contribution is 2.26. The van der Waals surface area contributed by atoms with Crippen LogP contribution in [0.25, 0.3) is 0 Å². The molecule has 0 saturated carbocycles. The quantitative estimate of drug-likeness (QED) is 0.279. The van der Waals surface area contributed by atoms with E-state index in [-0.39, 0.29) is 23.7 Å². The Kier molecular flexibility index (Phi) is 11.2. The van der Waals surface area contributed by atoms with Crippen LogP contribution in [0.4, 0.5) is 14.3 Å². The molecule has 0 unspecified atom stereocenters. The number of benzene rings is 1. The summed E-state index contributed by atoms with van der Waals surface area (Å²) in [6, 6.07) is 6.74. The largest absolute Gasteiger partial charge is 0.335 e. The SMILES string of the molecule is CCSCCN1CC[C@@H](NC(=O)Nc2nc(C)c(C(C)=O)s2)[C@H](CN2CCC[C@@H](Cc3ccc(F)cc3)C2)C1. The third kappa shape index (κ3) is 8.99. The number of nitrogens with one attached hydrogen (secondary N) is 2. The van der Waals surface area contributed by atoms with E-state index >= 15 is 0 Å². The number of rotatable bonds is 11. The molecule has 0 aliphatic carbocycles. The van der Waals surface area contributed by atoms with Gasteiger partial charge in [-0.05, 0) is 68.5 Å². The summed E-state index contributed by atoms with van der Waals surface area (Å²) in [5, 5.41) is 6.57. The van der Waals surface area contributed by atoms with Gasteiger partial charge in [0.1, 0.15) is 5.82 Å². The van der Waals surface area contributed by atoms with E-state index in [9.17, 15) is 14.0 Å². The van der Waals surface area contributed by atoms with E-state index in [0.717, 1.165) is 70.0 Å². The highest BCUT2D eigenvalue weighted by molar-refractivity contribution is 7.99. The first-order valence-corrected chi connectivity index (χ1v) is 16.1. The molecule has 2 saturated heterocycles. The van der Waals surface area contributed by atoms with Crippen molar-refractivity contribution in [1.82, 2.24) is 20.1 Å². The number of aryl methyl sites for hydroxylation is 1. The normalized spacial score (nSPS) is 22.5. The van der Waals surface area contributed by atoms with E-state index in [1.165, 1.54) is 30.2 Å². The molecule has 0 spiro atoms. The topological polar surface area (TPSA) is 77.6 Å². The van der Waals surface area contributed by atoms with Gasteiger partial charge in [0, 0.05) is 57.4 Å². The predicted molar refractivity (Wildman–Crippen MR) is 160 cm³/mol. The number of ketones is 1. The molecule has 1 aromatic carbocycles. The lowest BCUT2D eigenvalue weighted by molar-refractivity contribution is 0.0880. The fourth-order valence-corrected chi connectivity index (χ4v) is 7.40. The first-order chi connectivity index (χ1) is 18.8. The van der Waals surface area contributed by atoms with Crippen molar-refractivity contribution in [3.05, 3.63) is 46.2 Å². The Morgan fingerprint density at radius 1 is 1.15 bits per heavy atom. The zero-order valence-corrected chi connectivity index (χ0v) is 25.0. The van der Waals surface area contributed by atoms with E-state index in [1.54, 1.807) is 19.1 Å². The van der Waals surface area contributed by atoms with Crippen molar-refractivity contribution in [2.45, 2.75) is 52.5 Å². The van der Waals surface area contributed by atoms with Crippen LogP contribution < -0.4 is 10.6 Å². The second-order valence-corrected chi connectivity index (χ2v) is 13.2. The van der Waals surface area contributed by atoms with Crippen LogP contribution in [0.15, 0.2) is 24.3 Å². The van der Waals surface area contributed by atoms with Gasteiger partial charge in [0.15, 0.2) is 10.9 Å². The van der Waals surface area contributed by atoms with Crippen LogP contribution in [0, 0.1) is 24.6 Å². The summed E-state index contributed by atoms with van der Waals surface area (Å²) in [5.74, 6) is 2.93. The number of piperidine rings is 2. The Morgan fingerprint density at radius 3 is 2.67 bits per heavy atom. The number of carbonyl (C=O) groups excluding carboxylic acids is 2. The van der Waals surface area contributed by atoms with Crippen molar-refractivity contribution < 1.29 is 14.0 Å². The number of halogens is 1. The summed E-state index contributed by atoms with van der Waals surface area (Å²) in [4.78, 5) is 34.8. The molecule has 1 aromatic heterocycles. The molecule has 2 aliphatic rings. The Hall–Kier alpha value is -2.01. The van der Waals surface area contributed by atoms with Gasteiger partial charge in [-0.1, -0.05) is 30.4 Å². The van der Waals surface area contributed by atoms with E-state index in [1.807, 2.05) is 23.9 Å². The monoisotopic (exact) mass is 575 g/mol. The van der Waals surface area contributed by atoms with Crippen LogP contribution in [-0.2, 0) is 6.42 Å². The molecule has 2 N–H and O–H groups in total. The van der Waals surface area contributed by atoms with Gasteiger partial charge in [-0.2, -0.15) is 11.8 Å². The van der Waals surface area contributed by atoms with Crippen LogP contribution in [0.1, 0.15) is 54.0 Å². The van der Waals surface area contributed by atoms with Gasteiger partial charge < -0.3 is 15.1 Å². The lowest BCUT2D eigenvalue weighted by atomic mass is 9.88. The van der Waals surface area contributed by atoms with E-state index in [2.05, 4.69) is 32.3 Å². The van der Waals surface area contributed by atoms with E-state index < -0.39 is 0 Å². The van der Waals surface area contributed by atoms with Crippen molar-refractivity contribution in [1.29, 1.82) is 0 Å². The standard InChI is InChI=1S/C29H42FN5O2S2/c1-4-38-15-14-34-13-11-26(32-28(37)33-29-31-20(2)27(39-29)21(3)36)24(18-34)19-35-12-5-6-23(17-35)16-22-7-9-25(30)10-8-22/h7-10,23-24,26H,4-6,11-19H2,1-3H3,(H2,31,32,33,37)/t23-,24-,26+/m0/s1. The minimum absolute atomic E-state index is 0.0357. The molecule has 2 amide bonds. The van der Waals surface area contributed by atoms with E-state index in [4.69, 9.17) is 0 Å². The molecule has 2 aromatic rings. The number of thiazole rings is 1. The molecule has 3 atom stereocenters. The zero-order valence-electron chi connectivity index (χ0n) is 23.4. The van der Waals surface area contributed by atoms with Crippen molar-refractivity contribution in [3.63, 3.8) is 0 Å². The Morgan fingerprint density at radius 2 is 1.95 bits per heavy atom. The number of urea groups is 1. The molecule has 10 heteroatoms. The van der Waals surface area contributed by atoms with Crippen LogP contribution >= 0.6 is 23.1 Å². The summed E-state index contributed by atoms with van der Waals surface area (Å²) in [7, 11) is 0. The summed E-state index contributed by atoms with van der Waals surface area (Å²) in [5.41, 5.74) is 1.85. The fourth-order valence-electron chi connectivity index (χ4n) is 5.87. The molecule has 214 valence electrons. The molecule has 2 aliphatic heterocycles. The molecule has 0 radical (unpaired) electrons. The van der Waals surface area contributed by atoms with Crippen LogP contribution in [0.2, 0.25) is 0 Å². The first-order valence-electron chi connectivity index (χ1n) is 14.1. The number of amides is 2. The smallest absolute Gasteiger partial charge is 0.321 e. The number of thioether (sulfide) groups is 1. The first kappa shape index (κ1) is 30.0. The summed E-state index contributed by atoms with van der Waals surface area (Å²) in [6.07, 6.45) is 4.24. The van der Waals surface area contributed by atoms with E-state index in [0.29, 0.717) is 27.5 Å². The number of hydrogen-bond acceptors (Lipinski definition) is 7. The molecular weight excluding hydrogens is 533 g/mol. The number of aromatic nitrogens is 1. The second-order valence-electron chi connectivity index (χ2n) is 10.8. The van der Waals surface area contributed by atoms with Gasteiger partial charge in [-0.25, -0.2) is 14.2 Å². The zero-order chi connectivity index (χ0) is 27.8. The maximum Gasteiger partial charge on any atom is 0.321 e. The van der Waals surface area contributed by atoms with Gasteiger partial charge in [0.05, 0.1) is 10.6 Å². The number of anilines is 1. The Bertz CT molecular complexity index is 1100. The minimum atomic E-state index is -0.253. The number of likely N-dealkylation sites (tertiary alicyclic amines) is 2. The molecule has 39 heavy (non-hydrogen) atoms. The molecule has 0 bridgehead atoms. The molecule has 7 nitrogen and oxygen atoms in total. The average molecular weight is 576 g/mol. The van der Waals surface area contributed by atoms with Gasteiger partial charge >= 0.3 is 6.03 Å². The number of carbonyl (C=O) groups is 2. The highest BCUT2D eigenvalue weighted by atomic mass is 32.2. The number of hydrogen-bond donors (Lipinski definition) is 2. The second kappa shape index (κ2) is 14.6. The lowest BCUT2D eigenvalue weighted by Gasteiger charge is -2.42. The summed E-state index contributed by atoms with van der Waals surface area (Å²) < 4.78 is 13.4. The van der Waals surface area contributed by atoms with Crippen molar-refractivity contribution in [3.8, 4) is 0 Å². The third-order valence-electron chi connectivity index (χ3n) is 7.76. The van der Waals surface area contributed by atoms with Gasteiger partial charge in [0.25, 0.3) is 0 Å². The minimum Gasteiger partial charge on any atom is -0.335 e. The van der Waals surface area contributed by atoms with Crippen LogP contribution in [0.5, 0.6) is 0 Å². The highest BCUT2D eigenvalue weighted by Gasteiger charge is 2.33. The maximum absolute atomic E-state index is 13.4. The number of Topliss-reactive ketones (excluding diaryl/α,β-unsaturated/α-hetero) is 1. The Balaban J connectivity index is 1.37. The Labute approximate surface area is 240 Å². The molecule has 3 heterocycles. The third-order valence-corrected chi connectivity index (χ3v) is 9.81. The van der Waals surface area contributed by atoms with Gasteiger partial charge in [-0.3, -0.25) is 10.1 Å². The van der Waals surface area contributed by atoms with Crippen LogP contribution in [-0.4, -0.2) is 83.4 Å². The van der Waals surface area contributed by atoms with Crippen LogP contribution in [0.3, 0.4) is 0 Å². The van der Waals surface area contributed by atoms with Gasteiger partial charge in [0.2, 0.25) is 0 Å². The lowest BCUT2D eigenvalue weighted by Crippen LogP contribution is -2.56.